The molecule has 0 unspecified atom stereocenters. The Morgan fingerprint density at radius 3 is 0.616 bits per heavy atom. The van der Waals surface area contributed by atoms with Gasteiger partial charge in [-0.3, -0.25) is 0 Å². The average Bonchev–Trinajstić information content (AvgIpc) is 0.674. The number of rotatable bonds is 4. The van der Waals surface area contributed by atoms with E-state index in [1.165, 1.54) is 254 Å². The molecule has 640 valence electrons. The fourth-order valence-electron chi connectivity index (χ4n) is 25.3. The molecule has 0 bridgehead atoms. The first-order chi connectivity index (χ1) is 68.4. The lowest BCUT2D eigenvalue weighted by atomic mass is 9.36. The Morgan fingerprint density at radius 2 is 0.326 bits per heavy atom. The van der Waals surface area contributed by atoms with Crippen LogP contribution in [0.3, 0.4) is 0 Å². The highest BCUT2D eigenvalue weighted by atomic mass is 32.2. The van der Waals surface area contributed by atoms with E-state index in [9.17, 15) is 0 Å². The molecule has 12 heterocycles. The minimum Gasteiger partial charge on any atom is -0.311 e. The number of fused-ring (bicyclic) bond motifs is 32. The maximum atomic E-state index is 2.60. The molecule has 0 amide bonds. The standard InChI is InChI=1S/2C60H36B2N2S4Si/c1-8-23-47-39(16-1)62-42-33-32-37(34-52(42)68-51-27-15-26-50(65-47)59(51)62)63-43-19-4-11-28-55(43)69(56-29-12-5-20-44(56)63)57-30-13-6-21-45(57)64(46-22-7-14-31-58(46)69)38-35-53-60-54(36-38)67-49-25-10-3-18-41(49)61(60)40-17-2-9-24-48(40)66-53;1-7-21-47-39(15-1)61-41-35-37(31-33-49(41)67-53-25-13-23-51(65-47)59(53)61)63-43-17-3-9-27-55(43)69(56-28-10-4-18-44(56)63)57-29-11-5-19-45(57)64(46-20-6-12-30-58(46)69)38-32-34-50-42(36-38)62-40-16-2-8-22-48(40)66-52-24-14-26-54(68-50)60(52)62/h2*1-36H. The fraction of sp³-hybridized carbons (Fsp3) is 0. The largest absolute Gasteiger partial charge is 0.311 e. The zero-order valence-corrected chi connectivity index (χ0v) is 82.5. The van der Waals surface area contributed by atoms with Crippen molar-refractivity contribution in [3.8, 4) is 0 Å². The third-order valence-electron chi connectivity index (χ3n) is 30.6. The van der Waals surface area contributed by atoms with Gasteiger partial charge in [-0.25, -0.2) is 0 Å². The van der Waals surface area contributed by atoms with Gasteiger partial charge in [-0.1, -0.05) is 399 Å². The summed E-state index contributed by atoms with van der Waals surface area (Å²) in [6.45, 7) is 0.784. The molecule has 20 aromatic carbocycles. The van der Waals surface area contributed by atoms with Crippen molar-refractivity contribution in [1.82, 2.24) is 0 Å². The Kier molecular flexibility index (Phi) is 17.9. The lowest BCUT2D eigenvalue weighted by molar-refractivity contribution is 1.23. The maximum absolute atomic E-state index is 2.98. The van der Waals surface area contributed by atoms with Gasteiger partial charge in [0.25, 0.3) is 0 Å². The van der Waals surface area contributed by atoms with Gasteiger partial charge in [0.2, 0.25) is 26.9 Å². The molecule has 0 saturated carbocycles. The second-order valence-corrected chi connectivity index (χ2v) is 53.2. The fourth-order valence-corrected chi connectivity index (χ4v) is 45.9. The van der Waals surface area contributed by atoms with Crippen molar-refractivity contribution < 1.29 is 0 Å². The van der Waals surface area contributed by atoms with Crippen molar-refractivity contribution in [2.45, 2.75) is 78.3 Å². The van der Waals surface area contributed by atoms with E-state index in [-0.39, 0.29) is 26.9 Å². The molecule has 32 rings (SSSR count). The van der Waals surface area contributed by atoms with E-state index in [4.69, 9.17) is 0 Å². The van der Waals surface area contributed by atoms with Crippen LogP contribution in [0.4, 0.5) is 68.2 Å². The summed E-state index contributed by atoms with van der Waals surface area (Å²) >= 11 is 15.4. The smallest absolute Gasteiger partial charge is 0.247 e. The predicted molar refractivity (Wildman–Crippen MR) is 596 cm³/mol. The minimum atomic E-state index is -2.98. The third-order valence-corrected chi connectivity index (χ3v) is 49.7. The normalized spacial score (nSPS) is 15.3. The Hall–Kier alpha value is -12.9. The van der Waals surface area contributed by atoms with Crippen molar-refractivity contribution in [3.05, 3.63) is 437 Å². The lowest BCUT2D eigenvalue weighted by Crippen LogP contribution is -2.79. The first-order valence-corrected chi connectivity index (χ1v) is 57.8. The molecule has 0 saturated heterocycles. The summed E-state index contributed by atoms with van der Waals surface area (Å²) in [4.78, 5) is 32.1. The third kappa shape index (κ3) is 11.3. The number of hydrogen-bond acceptors (Lipinski definition) is 12. The van der Waals surface area contributed by atoms with Gasteiger partial charge < -0.3 is 19.6 Å². The molecule has 0 aliphatic carbocycles. The lowest BCUT2D eigenvalue weighted by Gasteiger charge is -2.50. The first kappa shape index (κ1) is 80.1. The van der Waals surface area contributed by atoms with Crippen LogP contribution >= 0.6 is 94.1 Å². The van der Waals surface area contributed by atoms with Crippen LogP contribution in [0.15, 0.2) is 515 Å². The highest BCUT2D eigenvalue weighted by Gasteiger charge is 2.58. The Bertz CT molecular complexity index is 8250. The molecular formula is C120H72B4N4S8Si2. The van der Waals surface area contributed by atoms with E-state index in [0.29, 0.717) is 0 Å². The molecule has 4 nitrogen and oxygen atoms in total. The summed E-state index contributed by atoms with van der Waals surface area (Å²) in [6, 6.07) is 168. The molecule has 12 aliphatic heterocycles. The average molecular weight is 1930 g/mol. The zero-order valence-electron chi connectivity index (χ0n) is 73.9. The molecule has 0 atom stereocenters. The second-order valence-electron chi connectivity index (χ2n) is 37.2. The quantitative estimate of drug-likeness (QED) is 0.156. The van der Waals surface area contributed by atoms with Gasteiger partial charge >= 0.3 is 0 Å². The predicted octanol–water partition coefficient (Wildman–Crippen LogP) is 19.0. The van der Waals surface area contributed by atoms with Crippen LogP contribution in [0, 0.1) is 0 Å². The molecule has 138 heavy (non-hydrogen) atoms. The highest BCUT2D eigenvalue weighted by Crippen LogP contribution is 2.53. The van der Waals surface area contributed by atoms with Crippen LogP contribution in [0.5, 0.6) is 0 Å². The van der Waals surface area contributed by atoms with Gasteiger partial charge in [-0.2, -0.15) is 0 Å². The molecule has 0 fully saturated rings. The Morgan fingerprint density at radius 1 is 0.138 bits per heavy atom. The van der Waals surface area contributed by atoms with E-state index < -0.39 is 16.1 Å². The van der Waals surface area contributed by atoms with Crippen molar-refractivity contribution in [2.75, 3.05) is 19.6 Å². The van der Waals surface area contributed by atoms with Gasteiger partial charge in [-0.05, 0) is 239 Å². The van der Waals surface area contributed by atoms with Crippen LogP contribution in [-0.4, -0.2) is 43.0 Å². The van der Waals surface area contributed by atoms with Crippen molar-refractivity contribution in [3.63, 3.8) is 0 Å². The summed E-state index contributed by atoms with van der Waals surface area (Å²) in [7, 11) is -5.96. The number of benzene rings is 20. The van der Waals surface area contributed by atoms with Crippen LogP contribution in [0.1, 0.15) is 0 Å². The minimum absolute atomic E-state index is 0.176. The van der Waals surface area contributed by atoms with Crippen LogP contribution in [-0.2, 0) is 0 Å². The van der Waals surface area contributed by atoms with E-state index in [1.807, 2.05) is 94.1 Å². The highest BCUT2D eigenvalue weighted by molar-refractivity contribution is 8.03. The van der Waals surface area contributed by atoms with E-state index in [2.05, 4.69) is 456 Å². The van der Waals surface area contributed by atoms with Gasteiger partial charge in [-0.15, -0.1) is 0 Å². The molecule has 12 aliphatic rings. The molecular weight excluding hydrogens is 1850 g/mol. The molecule has 20 aromatic rings. The van der Waals surface area contributed by atoms with E-state index in [0.717, 1.165) is 0 Å². The van der Waals surface area contributed by atoms with Gasteiger partial charge in [0, 0.05) is 147 Å². The van der Waals surface area contributed by atoms with Crippen LogP contribution in [0.2, 0.25) is 0 Å². The Labute approximate surface area is 839 Å². The number of hydrogen-bond donors (Lipinski definition) is 0. The van der Waals surface area contributed by atoms with E-state index >= 15 is 0 Å². The topological polar surface area (TPSA) is 13.0 Å². The first-order valence-electron chi connectivity index (χ1n) is 47.3. The SMILES string of the molecule is c1ccc2c(c1)Sc1cccc3c1B2c1cc(N2c4ccccc4[Si]4(c5ccccc52)c2ccccc2N(c2ccc5c(c2)B2c6ccccc6Sc6cccc(c62)S5)c2ccccc24)ccc1S3.c1ccc2c(c1)Sc1cccc3c1B2c1ccc(N2c4ccccc4[Si]4(c5ccccc52)c2ccccc2N(c2cc5c6c(c2)Sc2ccccc2B6c2ccccc2S5)c2ccccc24)cc1S3. The zero-order chi connectivity index (χ0) is 89.9. The maximum Gasteiger partial charge on any atom is 0.247 e. The number of nitrogens with zero attached hydrogens (tertiary/aromatic N) is 4. The van der Waals surface area contributed by atoms with Crippen molar-refractivity contribution >= 4 is 312 Å². The molecule has 18 heteroatoms. The second kappa shape index (κ2) is 30.8. The van der Waals surface area contributed by atoms with E-state index in [1.54, 1.807) is 0 Å². The van der Waals surface area contributed by atoms with Crippen LogP contribution < -0.4 is 127 Å². The van der Waals surface area contributed by atoms with Crippen molar-refractivity contribution in [1.29, 1.82) is 0 Å². The summed E-state index contributed by atoms with van der Waals surface area (Å²) in [5, 5.41) is 11.4. The molecule has 2 spiro atoms. The number of anilines is 12. The summed E-state index contributed by atoms with van der Waals surface area (Å²) in [6.07, 6.45) is 0. The molecule has 0 radical (unpaired) electrons. The summed E-state index contributed by atoms with van der Waals surface area (Å²) in [5.74, 6) is 0. The summed E-state index contributed by atoms with van der Waals surface area (Å²) in [5.41, 5.74) is 32.0. The Balaban J connectivity index is 0.000000128. The summed E-state index contributed by atoms with van der Waals surface area (Å²) < 4.78 is 0. The van der Waals surface area contributed by atoms with Crippen LogP contribution in [0.25, 0.3) is 0 Å². The monoisotopic (exact) mass is 1920 g/mol. The molecule has 0 aromatic heterocycles. The number of para-hydroxylation sites is 8. The van der Waals surface area contributed by atoms with Gasteiger partial charge in [0.1, 0.15) is 0 Å². The van der Waals surface area contributed by atoms with Gasteiger partial charge in [0.15, 0.2) is 16.1 Å². The van der Waals surface area contributed by atoms with Crippen molar-refractivity contribution in [2.24, 2.45) is 0 Å². The molecule has 0 N–H and O–H groups in total. The van der Waals surface area contributed by atoms with Gasteiger partial charge in [0.05, 0.1) is 0 Å².